The fourth-order valence-electron chi connectivity index (χ4n) is 1.66. The van der Waals surface area contributed by atoms with Crippen molar-refractivity contribution < 1.29 is 9.18 Å². The molecule has 4 heteroatoms. The predicted octanol–water partition coefficient (Wildman–Crippen LogP) is 2.90. The second kappa shape index (κ2) is 4.37. The second-order valence-electron chi connectivity index (χ2n) is 5.24. The minimum atomic E-state index is -0.379. The van der Waals surface area contributed by atoms with E-state index in [4.69, 9.17) is 0 Å². The summed E-state index contributed by atoms with van der Waals surface area (Å²) in [5, 5.41) is 3.46. The van der Waals surface area contributed by atoms with Gasteiger partial charge in [-0.15, -0.1) is 0 Å². The average Bonchev–Trinajstić information content (AvgIpc) is 2.26. The highest BCUT2D eigenvalue weighted by Gasteiger charge is 2.16. The van der Waals surface area contributed by atoms with Crippen LogP contribution >= 0.6 is 0 Å². The monoisotopic (exact) mass is 246 g/mol. The van der Waals surface area contributed by atoms with Crippen molar-refractivity contribution in [3.8, 4) is 0 Å². The number of hydrogen-bond acceptors (Lipinski definition) is 2. The summed E-state index contributed by atoms with van der Waals surface area (Å²) in [6.45, 7) is 5.71. The molecule has 0 atom stereocenters. The molecule has 0 aliphatic rings. The van der Waals surface area contributed by atoms with Crippen molar-refractivity contribution in [2.75, 3.05) is 0 Å². The SMILES string of the molecule is CC(C)(C)NC(=O)c1cnc2c(F)cccc2c1. The molecule has 1 heterocycles. The Balaban J connectivity index is 2.39. The summed E-state index contributed by atoms with van der Waals surface area (Å²) >= 11 is 0. The van der Waals surface area contributed by atoms with E-state index in [1.807, 2.05) is 20.8 Å². The predicted molar refractivity (Wildman–Crippen MR) is 68.9 cm³/mol. The molecule has 18 heavy (non-hydrogen) atoms. The van der Waals surface area contributed by atoms with E-state index in [2.05, 4.69) is 10.3 Å². The summed E-state index contributed by atoms with van der Waals surface area (Å²) in [5.41, 5.74) is 0.404. The summed E-state index contributed by atoms with van der Waals surface area (Å²) in [7, 11) is 0. The van der Waals surface area contributed by atoms with E-state index in [0.717, 1.165) is 0 Å². The molecule has 0 aliphatic carbocycles. The maximum absolute atomic E-state index is 13.4. The molecule has 0 bridgehead atoms. The van der Waals surface area contributed by atoms with Gasteiger partial charge in [-0.25, -0.2) is 4.39 Å². The van der Waals surface area contributed by atoms with Crippen LogP contribution in [0.25, 0.3) is 10.9 Å². The normalized spacial score (nSPS) is 11.6. The maximum atomic E-state index is 13.4. The Morgan fingerprint density at radius 3 is 2.72 bits per heavy atom. The first kappa shape index (κ1) is 12.5. The van der Waals surface area contributed by atoms with Crippen LogP contribution in [0, 0.1) is 5.82 Å². The maximum Gasteiger partial charge on any atom is 0.253 e. The molecule has 1 amide bonds. The number of pyridine rings is 1. The van der Waals surface area contributed by atoms with Crippen LogP contribution in [-0.4, -0.2) is 16.4 Å². The van der Waals surface area contributed by atoms with Gasteiger partial charge in [0, 0.05) is 17.1 Å². The van der Waals surface area contributed by atoms with Gasteiger partial charge >= 0.3 is 0 Å². The van der Waals surface area contributed by atoms with E-state index in [1.165, 1.54) is 12.3 Å². The van der Waals surface area contributed by atoms with Crippen LogP contribution < -0.4 is 5.32 Å². The molecule has 0 aliphatic heterocycles. The number of carbonyl (C=O) groups excluding carboxylic acids is 1. The lowest BCUT2D eigenvalue weighted by Gasteiger charge is -2.20. The molecular formula is C14H15FN2O. The van der Waals surface area contributed by atoms with Crippen molar-refractivity contribution in [2.24, 2.45) is 0 Å². The van der Waals surface area contributed by atoms with E-state index < -0.39 is 0 Å². The van der Waals surface area contributed by atoms with Crippen molar-refractivity contribution in [1.82, 2.24) is 10.3 Å². The van der Waals surface area contributed by atoms with E-state index in [9.17, 15) is 9.18 Å². The first-order valence-corrected chi connectivity index (χ1v) is 5.73. The van der Waals surface area contributed by atoms with Gasteiger partial charge in [-0.1, -0.05) is 12.1 Å². The number of fused-ring (bicyclic) bond motifs is 1. The van der Waals surface area contributed by atoms with Crippen LogP contribution in [0.4, 0.5) is 4.39 Å². The minimum Gasteiger partial charge on any atom is -0.347 e. The van der Waals surface area contributed by atoms with Gasteiger partial charge < -0.3 is 5.32 Å². The third kappa shape index (κ3) is 2.64. The number of benzene rings is 1. The first-order chi connectivity index (χ1) is 8.37. The van der Waals surface area contributed by atoms with Crippen molar-refractivity contribution in [1.29, 1.82) is 0 Å². The number of nitrogens with one attached hydrogen (secondary N) is 1. The molecule has 2 aromatic rings. The minimum absolute atomic E-state index is 0.207. The van der Waals surface area contributed by atoms with Crippen molar-refractivity contribution >= 4 is 16.8 Å². The second-order valence-corrected chi connectivity index (χ2v) is 5.24. The highest BCUT2D eigenvalue weighted by atomic mass is 19.1. The lowest BCUT2D eigenvalue weighted by atomic mass is 10.1. The molecule has 1 N–H and O–H groups in total. The number of nitrogens with zero attached hydrogens (tertiary/aromatic N) is 1. The smallest absolute Gasteiger partial charge is 0.253 e. The molecule has 1 aromatic heterocycles. The van der Waals surface area contributed by atoms with Gasteiger partial charge in [0.2, 0.25) is 0 Å². The van der Waals surface area contributed by atoms with Crippen LogP contribution in [0.5, 0.6) is 0 Å². The lowest BCUT2D eigenvalue weighted by Crippen LogP contribution is -2.40. The van der Waals surface area contributed by atoms with E-state index >= 15 is 0 Å². The van der Waals surface area contributed by atoms with Crippen LogP contribution in [-0.2, 0) is 0 Å². The zero-order valence-electron chi connectivity index (χ0n) is 10.6. The van der Waals surface area contributed by atoms with Gasteiger partial charge in [-0.3, -0.25) is 9.78 Å². The van der Waals surface area contributed by atoms with Gasteiger partial charge in [-0.2, -0.15) is 0 Å². The van der Waals surface area contributed by atoms with Crippen LogP contribution in [0.15, 0.2) is 30.5 Å². The quantitative estimate of drug-likeness (QED) is 0.840. The Morgan fingerprint density at radius 1 is 1.33 bits per heavy atom. The van der Waals surface area contributed by atoms with Gasteiger partial charge in [0.25, 0.3) is 5.91 Å². The highest BCUT2D eigenvalue weighted by molar-refractivity contribution is 5.97. The number of hydrogen-bond donors (Lipinski definition) is 1. The van der Waals surface area contributed by atoms with Crippen LogP contribution in [0.3, 0.4) is 0 Å². The lowest BCUT2D eigenvalue weighted by molar-refractivity contribution is 0.0919. The number of aromatic nitrogens is 1. The molecule has 1 aromatic carbocycles. The number of amides is 1. The van der Waals surface area contributed by atoms with E-state index in [-0.39, 0.29) is 22.8 Å². The summed E-state index contributed by atoms with van der Waals surface area (Å²) in [6.07, 6.45) is 1.40. The molecule has 0 unspecified atom stereocenters. The molecule has 3 nitrogen and oxygen atoms in total. The molecule has 0 radical (unpaired) electrons. The number of carbonyl (C=O) groups is 1. The van der Waals surface area contributed by atoms with Gasteiger partial charge in [0.1, 0.15) is 11.3 Å². The molecule has 94 valence electrons. The van der Waals surface area contributed by atoms with Gasteiger partial charge in [-0.05, 0) is 32.9 Å². The van der Waals surface area contributed by atoms with E-state index in [1.54, 1.807) is 18.2 Å². The number of halogens is 1. The van der Waals surface area contributed by atoms with Crippen LogP contribution in [0.1, 0.15) is 31.1 Å². The fraction of sp³-hybridized carbons (Fsp3) is 0.286. The molecule has 0 saturated heterocycles. The number of para-hydroxylation sites is 1. The summed E-state index contributed by atoms with van der Waals surface area (Å²) in [5.74, 6) is -0.587. The summed E-state index contributed by atoms with van der Waals surface area (Å²) in [4.78, 5) is 15.9. The molecule has 0 fully saturated rings. The molecule has 0 spiro atoms. The third-order valence-electron chi connectivity index (χ3n) is 2.41. The highest BCUT2D eigenvalue weighted by Crippen LogP contribution is 2.16. The largest absolute Gasteiger partial charge is 0.347 e. The Morgan fingerprint density at radius 2 is 2.06 bits per heavy atom. The Hall–Kier alpha value is -1.97. The van der Waals surface area contributed by atoms with Gasteiger partial charge in [0.05, 0.1) is 5.56 Å². The summed E-state index contributed by atoms with van der Waals surface area (Å²) < 4.78 is 13.4. The summed E-state index contributed by atoms with van der Waals surface area (Å²) in [6, 6.07) is 6.33. The Kier molecular flexibility index (Phi) is 3.03. The fourth-order valence-corrected chi connectivity index (χ4v) is 1.66. The molecule has 0 saturated carbocycles. The van der Waals surface area contributed by atoms with Crippen molar-refractivity contribution in [2.45, 2.75) is 26.3 Å². The molecular weight excluding hydrogens is 231 g/mol. The van der Waals surface area contributed by atoms with E-state index in [0.29, 0.717) is 10.9 Å². The zero-order valence-corrected chi connectivity index (χ0v) is 10.6. The topological polar surface area (TPSA) is 42.0 Å². The number of rotatable bonds is 1. The first-order valence-electron chi connectivity index (χ1n) is 5.73. The third-order valence-corrected chi connectivity index (χ3v) is 2.41. The Bertz CT molecular complexity index is 602. The standard InChI is InChI=1S/C14H15FN2O/c1-14(2,3)17-13(18)10-7-9-5-4-6-11(15)12(9)16-8-10/h4-8H,1-3H3,(H,17,18). The van der Waals surface area contributed by atoms with Crippen molar-refractivity contribution in [3.05, 3.63) is 41.8 Å². The zero-order chi connectivity index (χ0) is 13.3. The van der Waals surface area contributed by atoms with Crippen LogP contribution in [0.2, 0.25) is 0 Å². The van der Waals surface area contributed by atoms with Crippen molar-refractivity contribution in [3.63, 3.8) is 0 Å². The van der Waals surface area contributed by atoms with Gasteiger partial charge in [0.15, 0.2) is 0 Å². The molecule has 2 rings (SSSR count). The average molecular weight is 246 g/mol. The Labute approximate surface area is 105 Å².